The number of halogens is 1. The van der Waals surface area contributed by atoms with Gasteiger partial charge in [-0.2, -0.15) is 0 Å². The molecule has 0 fully saturated rings. The number of benzene rings is 1. The van der Waals surface area contributed by atoms with Crippen molar-refractivity contribution in [3.63, 3.8) is 0 Å². The molecule has 1 aromatic heterocycles. The summed E-state index contributed by atoms with van der Waals surface area (Å²) in [6.45, 7) is 0. The molecule has 1 aromatic carbocycles. The number of nitrogens with one attached hydrogen (secondary N) is 1. The Hall–Kier alpha value is -2.96. The van der Waals surface area contributed by atoms with Crippen molar-refractivity contribution in [1.29, 1.82) is 0 Å². The number of aliphatic carboxylic acids is 1. The molecule has 0 saturated heterocycles. The van der Waals surface area contributed by atoms with Crippen LogP contribution in [-0.2, 0) is 4.79 Å². The van der Waals surface area contributed by atoms with Crippen LogP contribution in [0.15, 0.2) is 41.1 Å². The second kappa shape index (κ2) is 5.79. The van der Waals surface area contributed by atoms with Crippen LogP contribution in [0.4, 0.5) is 10.2 Å². The Morgan fingerprint density at radius 1 is 1.35 bits per heavy atom. The fourth-order valence-electron chi connectivity index (χ4n) is 1.45. The van der Waals surface area contributed by atoms with Crippen molar-refractivity contribution in [3.8, 4) is 0 Å². The molecule has 1 amide bonds. The molecule has 20 heavy (non-hydrogen) atoms. The zero-order chi connectivity index (χ0) is 14.5. The number of anilines is 1. The standard InChI is InChI=1S/C13H9FN2O4/c14-10-3-1-8(2-4-12(17)18)7-9(10)13(19)15-11-5-6-20-16-11/h1-7H,(H,17,18)(H,15,16,19). The molecular formula is C13H9FN2O4. The summed E-state index contributed by atoms with van der Waals surface area (Å²) in [5.41, 5.74) is 0.166. The van der Waals surface area contributed by atoms with Crippen LogP contribution < -0.4 is 5.32 Å². The van der Waals surface area contributed by atoms with Gasteiger partial charge in [-0.15, -0.1) is 0 Å². The van der Waals surface area contributed by atoms with E-state index in [9.17, 15) is 14.0 Å². The number of rotatable bonds is 4. The smallest absolute Gasteiger partial charge is 0.328 e. The van der Waals surface area contributed by atoms with Crippen molar-refractivity contribution < 1.29 is 23.6 Å². The average molecular weight is 276 g/mol. The number of aromatic nitrogens is 1. The highest BCUT2D eigenvalue weighted by Crippen LogP contribution is 2.14. The Labute approximate surface area is 112 Å². The fraction of sp³-hybridized carbons (Fsp3) is 0. The normalized spacial score (nSPS) is 10.7. The quantitative estimate of drug-likeness (QED) is 0.835. The first-order valence-electron chi connectivity index (χ1n) is 5.48. The lowest BCUT2D eigenvalue weighted by Crippen LogP contribution is -2.14. The predicted octanol–water partition coefficient (Wildman–Crippen LogP) is 2.16. The van der Waals surface area contributed by atoms with Gasteiger partial charge in [-0.05, 0) is 23.8 Å². The van der Waals surface area contributed by atoms with E-state index in [4.69, 9.17) is 5.11 Å². The van der Waals surface area contributed by atoms with Crippen LogP contribution in [-0.4, -0.2) is 22.1 Å². The summed E-state index contributed by atoms with van der Waals surface area (Å²) in [5, 5.41) is 14.3. The molecule has 0 saturated carbocycles. The number of carbonyl (C=O) groups is 2. The Kier molecular flexibility index (Phi) is 3.90. The van der Waals surface area contributed by atoms with E-state index in [-0.39, 0.29) is 11.4 Å². The van der Waals surface area contributed by atoms with E-state index in [0.717, 1.165) is 12.1 Å². The summed E-state index contributed by atoms with van der Waals surface area (Å²) in [6, 6.07) is 5.09. The highest BCUT2D eigenvalue weighted by Gasteiger charge is 2.13. The Balaban J connectivity index is 2.24. The van der Waals surface area contributed by atoms with E-state index < -0.39 is 17.7 Å². The van der Waals surface area contributed by atoms with Gasteiger partial charge in [-0.1, -0.05) is 11.2 Å². The minimum absolute atomic E-state index is 0.154. The van der Waals surface area contributed by atoms with Gasteiger partial charge >= 0.3 is 5.97 Å². The average Bonchev–Trinajstić information content (AvgIpc) is 2.90. The molecule has 2 rings (SSSR count). The van der Waals surface area contributed by atoms with E-state index >= 15 is 0 Å². The summed E-state index contributed by atoms with van der Waals surface area (Å²) in [7, 11) is 0. The molecule has 1 heterocycles. The molecular weight excluding hydrogens is 267 g/mol. The number of carbonyl (C=O) groups excluding carboxylic acids is 1. The summed E-state index contributed by atoms with van der Waals surface area (Å²) in [6.07, 6.45) is 3.42. The third-order valence-corrected chi connectivity index (χ3v) is 2.33. The van der Waals surface area contributed by atoms with Crippen molar-refractivity contribution in [2.24, 2.45) is 0 Å². The van der Waals surface area contributed by atoms with E-state index in [2.05, 4.69) is 15.0 Å². The maximum absolute atomic E-state index is 13.6. The first-order valence-corrected chi connectivity index (χ1v) is 5.48. The number of carboxylic acid groups (broad SMARTS) is 1. The van der Waals surface area contributed by atoms with Crippen LogP contribution in [0, 0.1) is 5.82 Å². The van der Waals surface area contributed by atoms with Gasteiger partial charge in [-0.3, -0.25) is 4.79 Å². The minimum Gasteiger partial charge on any atom is -0.478 e. The van der Waals surface area contributed by atoms with Crippen LogP contribution in [0.1, 0.15) is 15.9 Å². The first-order chi connectivity index (χ1) is 9.56. The molecule has 0 aliphatic carbocycles. The highest BCUT2D eigenvalue weighted by molar-refractivity contribution is 6.04. The van der Waals surface area contributed by atoms with E-state index in [1.165, 1.54) is 30.5 Å². The van der Waals surface area contributed by atoms with Gasteiger partial charge in [0.2, 0.25) is 0 Å². The molecule has 0 atom stereocenters. The second-order valence-electron chi connectivity index (χ2n) is 3.75. The summed E-state index contributed by atoms with van der Waals surface area (Å²) < 4.78 is 18.1. The topological polar surface area (TPSA) is 92.4 Å². The first kappa shape index (κ1) is 13.5. The largest absolute Gasteiger partial charge is 0.478 e. The fourth-order valence-corrected chi connectivity index (χ4v) is 1.45. The lowest BCUT2D eigenvalue weighted by Gasteiger charge is -2.04. The lowest BCUT2D eigenvalue weighted by atomic mass is 10.1. The van der Waals surface area contributed by atoms with Crippen molar-refractivity contribution >= 4 is 23.8 Å². The SMILES string of the molecule is O=C(O)C=Cc1ccc(F)c(C(=O)Nc2ccon2)c1. The van der Waals surface area contributed by atoms with Gasteiger partial charge < -0.3 is 14.9 Å². The number of nitrogens with zero attached hydrogens (tertiary/aromatic N) is 1. The molecule has 102 valence electrons. The van der Waals surface area contributed by atoms with Crippen molar-refractivity contribution in [2.75, 3.05) is 5.32 Å². The van der Waals surface area contributed by atoms with Gasteiger partial charge in [-0.25, -0.2) is 9.18 Å². The zero-order valence-corrected chi connectivity index (χ0v) is 10.0. The molecule has 0 spiro atoms. The van der Waals surface area contributed by atoms with Crippen molar-refractivity contribution in [2.45, 2.75) is 0 Å². The number of amides is 1. The van der Waals surface area contributed by atoms with Crippen molar-refractivity contribution in [3.05, 3.63) is 53.5 Å². The highest BCUT2D eigenvalue weighted by atomic mass is 19.1. The molecule has 0 aliphatic rings. The molecule has 0 radical (unpaired) electrons. The van der Waals surface area contributed by atoms with Crippen LogP contribution in [0.2, 0.25) is 0 Å². The van der Waals surface area contributed by atoms with E-state index in [0.29, 0.717) is 5.56 Å². The van der Waals surface area contributed by atoms with E-state index in [1.807, 2.05) is 0 Å². The van der Waals surface area contributed by atoms with Crippen molar-refractivity contribution in [1.82, 2.24) is 5.16 Å². The second-order valence-corrected chi connectivity index (χ2v) is 3.75. The molecule has 2 N–H and O–H groups in total. The van der Waals surface area contributed by atoms with Gasteiger partial charge in [0.15, 0.2) is 5.82 Å². The molecule has 6 nitrogen and oxygen atoms in total. The predicted molar refractivity (Wildman–Crippen MR) is 67.5 cm³/mol. The number of carboxylic acids is 1. The third kappa shape index (κ3) is 3.29. The Morgan fingerprint density at radius 3 is 2.80 bits per heavy atom. The van der Waals surface area contributed by atoms with Gasteiger partial charge in [0.25, 0.3) is 5.91 Å². The van der Waals surface area contributed by atoms with Gasteiger partial charge in [0.1, 0.15) is 12.1 Å². The molecule has 2 aromatic rings. The maximum Gasteiger partial charge on any atom is 0.328 e. The maximum atomic E-state index is 13.6. The summed E-state index contributed by atoms with van der Waals surface area (Å²) in [5.74, 6) is -2.41. The van der Waals surface area contributed by atoms with Gasteiger partial charge in [0, 0.05) is 12.1 Å². The number of hydrogen-bond acceptors (Lipinski definition) is 4. The van der Waals surface area contributed by atoms with Crippen LogP contribution in [0.25, 0.3) is 6.08 Å². The molecule has 0 bridgehead atoms. The monoisotopic (exact) mass is 276 g/mol. The van der Waals surface area contributed by atoms with Crippen LogP contribution in [0.5, 0.6) is 0 Å². The number of hydrogen-bond donors (Lipinski definition) is 2. The molecule has 7 heteroatoms. The molecule has 0 unspecified atom stereocenters. The summed E-state index contributed by atoms with van der Waals surface area (Å²) in [4.78, 5) is 22.3. The lowest BCUT2D eigenvalue weighted by molar-refractivity contribution is -0.131. The zero-order valence-electron chi connectivity index (χ0n) is 10.0. The van der Waals surface area contributed by atoms with Gasteiger partial charge in [0.05, 0.1) is 5.56 Å². The molecule has 0 aliphatic heterocycles. The third-order valence-electron chi connectivity index (χ3n) is 2.33. The minimum atomic E-state index is -1.14. The van der Waals surface area contributed by atoms with E-state index in [1.54, 1.807) is 0 Å². The Bertz CT molecular complexity index is 665. The van der Waals surface area contributed by atoms with Crippen LogP contribution in [0.3, 0.4) is 0 Å². The summed E-state index contributed by atoms with van der Waals surface area (Å²) >= 11 is 0. The Morgan fingerprint density at radius 2 is 2.15 bits per heavy atom. The van der Waals surface area contributed by atoms with Crippen LogP contribution >= 0.6 is 0 Å².